The van der Waals surface area contributed by atoms with Crippen molar-refractivity contribution in [3.8, 4) is 11.8 Å². The third-order valence-electron chi connectivity index (χ3n) is 3.04. The largest absolute Gasteiger partial charge is 0.493 e. The number of nitro benzene ring substituents is 1. The molecular formula is C14H19N3O3. The molecule has 20 heavy (non-hydrogen) atoms. The number of nitrogens with two attached hydrogens (primary N) is 1. The first-order valence-electron chi connectivity index (χ1n) is 6.35. The molecule has 0 saturated carbocycles. The van der Waals surface area contributed by atoms with Crippen LogP contribution in [-0.4, -0.2) is 17.1 Å². The number of rotatable bonds is 6. The lowest BCUT2D eigenvalue weighted by molar-refractivity contribution is -0.385. The lowest BCUT2D eigenvalue weighted by Gasteiger charge is -2.15. The molecule has 0 spiro atoms. The molecule has 0 heterocycles. The monoisotopic (exact) mass is 277 g/mol. The summed E-state index contributed by atoms with van der Waals surface area (Å²) in [5, 5.41) is 19.7. The number of nitrogens with zero attached hydrogens (tertiary/aromatic N) is 2. The first-order valence-corrected chi connectivity index (χ1v) is 6.35. The second-order valence-corrected chi connectivity index (χ2v) is 5.14. The molecule has 0 bridgehead atoms. The summed E-state index contributed by atoms with van der Waals surface area (Å²) in [7, 11) is 0. The minimum atomic E-state index is -0.863. The van der Waals surface area contributed by atoms with Crippen LogP contribution in [0.25, 0.3) is 0 Å². The lowest BCUT2D eigenvalue weighted by Crippen LogP contribution is -2.34. The van der Waals surface area contributed by atoms with E-state index in [1.54, 1.807) is 19.9 Å². The summed E-state index contributed by atoms with van der Waals surface area (Å²) in [5.41, 5.74) is 6.35. The van der Waals surface area contributed by atoms with Crippen molar-refractivity contribution in [3.05, 3.63) is 33.4 Å². The van der Waals surface area contributed by atoms with Crippen molar-refractivity contribution in [1.82, 2.24) is 0 Å². The highest BCUT2D eigenvalue weighted by Gasteiger charge is 2.17. The molecule has 0 fully saturated rings. The summed E-state index contributed by atoms with van der Waals surface area (Å²) >= 11 is 0. The van der Waals surface area contributed by atoms with Crippen LogP contribution >= 0.6 is 0 Å². The fraction of sp³-hybridized carbons (Fsp3) is 0.500. The maximum absolute atomic E-state index is 10.9. The molecule has 6 nitrogen and oxygen atoms in total. The van der Waals surface area contributed by atoms with Gasteiger partial charge in [0, 0.05) is 5.56 Å². The van der Waals surface area contributed by atoms with Crippen LogP contribution in [0, 0.1) is 35.3 Å². The Morgan fingerprint density at radius 1 is 1.45 bits per heavy atom. The Hall–Kier alpha value is -2.13. The van der Waals surface area contributed by atoms with Crippen LogP contribution in [0.4, 0.5) is 5.69 Å². The SMILES string of the molecule is Cc1cc(C)c([N+](=O)[O-])cc1OCCCC(C)(N)C#N. The summed E-state index contributed by atoms with van der Waals surface area (Å²) in [6.07, 6.45) is 1.12. The Kier molecular flexibility index (Phi) is 5.06. The van der Waals surface area contributed by atoms with E-state index in [2.05, 4.69) is 0 Å². The van der Waals surface area contributed by atoms with Gasteiger partial charge < -0.3 is 10.5 Å². The first-order chi connectivity index (χ1) is 9.26. The Balaban J connectivity index is 2.67. The Morgan fingerprint density at radius 2 is 2.10 bits per heavy atom. The molecule has 108 valence electrons. The van der Waals surface area contributed by atoms with Crippen LogP contribution in [0.3, 0.4) is 0 Å². The van der Waals surface area contributed by atoms with E-state index < -0.39 is 10.5 Å². The topological polar surface area (TPSA) is 102 Å². The minimum Gasteiger partial charge on any atom is -0.493 e. The summed E-state index contributed by atoms with van der Waals surface area (Å²) in [5.74, 6) is 0.498. The van der Waals surface area contributed by atoms with Gasteiger partial charge >= 0.3 is 0 Å². The van der Waals surface area contributed by atoms with E-state index in [0.29, 0.717) is 30.8 Å². The van der Waals surface area contributed by atoms with Gasteiger partial charge in [-0.15, -0.1) is 0 Å². The van der Waals surface area contributed by atoms with Gasteiger partial charge in [0.2, 0.25) is 0 Å². The average molecular weight is 277 g/mol. The first kappa shape index (κ1) is 15.9. The van der Waals surface area contributed by atoms with E-state index in [1.165, 1.54) is 6.07 Å². The van der Waals surface area contributed by atoms with Gasteiger partial charge in [-0.05, 0) is 45.2 Å². The van der Waals surface area contributed by atoms with E-state index in [4.69, 9.17) is 15.7 Å². The smallest absolute Gasteiger partial charge is 0.276 e. The van der Waals surface area contributed by atoms with Crippen molar-refractivity contribution in [2.75, 3.05) is 6.61 Å². The van der Waals surface area contributed by atoms with Gasteiger partial charge in [0.05, 0.1) is 23.7 Å². The van der Waals surface area contributed by atoms with Gasteiger partial charge in [-0.1, -0.05) is 0 Å². The van der Waals surface area contributed by atoms with E-state index in [-0.39, 0.29) is 5.69 Å². The van der Waals surface area contributed by atoms with Gasteiger partial charge in [-0.25, -0.2) is 0 Å². The van der Waals surface area contributed by atoms with E-state index >= 15 is 0 Å². The van der Waals surface area contributed by atoms with Crippen molar-refractivity contribution < 1.29 is 9.66 Å². The number of benzene rings is 1. The van der Waals surface area contributed by atoms with Crippen molar-refractivity contribution in [2.24, 2.45) is 5.73 Å². The van der Waals surface area contributed by atoms with Crippen LogP contribution < -0.4 is 10.5 Å². The quantitative estimate of drug-likeness (QED) is 0.489. The Morgan fingerprint density at radius 3 is 2.65 bits per heavy atom. The molecule has 1 aromatic carbocycles. The fourth-order valence-electron chi connectivity index (χ4n) is 1.85. The number of nitriles is 1. The number of nitro groups is 1. The van der Waals surface area contributed by atoms with Gasteiger partial charge in [-0.2, -0.15) is 5.26 Å². The van der Waals surface area contributed by atoms with Crippen LogP contribution in [0.15, 0.2) is 12.1 Å². The van der Waals surface area contributed by atoms with Crippen LogP contribution in [0.1, 0.15) is 30.9 Å². The van der Waals surface area contributed by atoms with Gasteiger partial charge in [0.15, 0.2) is 0 Å². The average Bonchev–Trinajstić information content (AvgIpc) is 2.36. The van der Waals surface area contributed by atoms with Crippen LogP contribution in [0.5, 0.6) is 5.75 Å². The molecule has 0 aliphatic heterocycles. The zero-order valence-corrected chi connectivity index (χ0v) is 12.0. The molecule has 0 aliphatic carbocycles. The summed E-state index contributed by atoms with van der Waals surface area (Å²) in [4.78, 5) is 10.5. The van der Waals surface area contributed by atoms with E-state index in [9.17, 15) is 10.1 Å². The number of hydrogen-bond donors (Lipinski definition) is 1. The third-order valence-corrected chi connectivity index (χ3v) is 3.04. The van der Waals surface area contributed by atoms with E-state index in [0.717, 1.165) is 5.56 Å². The van der Waals surface area contributed by atoms with Crippen LogP contribution in [0.2, 0.25) is 0 Å². The van der Waals surface area contributed by atoms with Gasteiger partial charge in [0.25, 0.3) is 5.69 Å². The molecular weight excluding hydrogens is 258 g/mol. The van der Waals surface area contributed by atoms with Crippen LogP contribution in [-0.2, 0) is 0 Å². The molecule has 2 N–H and O–H groups in total. The molecule has 0 saturated heterocycles. The predicted octanol–water partition coefficient (Wildman–Crippen LogP) is 2.61. The second kappa shape index (κ2) is 6.35. The van der Waals surface area contributed by atoms with Crippen molar-refractivity contribution in [1.29, 1.82) is 5.26 Å². The predicted molar refractivity (Wildman–Crippen MR) is 75.5 cm³/mol. The molecule has 1 unspecified atom stereocenters. The van der Waals surface area contributed by atoms with Crippen molar-refractivity contribution in [2.45, 2.75) is 39.2 Å². The van der Waals surface area contributed by atoms with Crippen molar-refractivity contribution in [3.63, 3.8) is 0 Å². The standard InChI is InChI=1S/C14H19N3O3/c1-10-7-11(2)13(8-12(10)17(18)19)20-6-4-5-14(3,16)9-15/h7-8H,4-6,16H2,1-3H3. The highest BCUT2D eigenvalue weighted by atomic mass is 16.6. The maximum atomic E-state index is 10.9. The number of aryl methyl sites for hydroxylation is 2. The molecule has 1 aromatic rings. The van der Waals surface area contributed by atoms with Crippen molar-refractivity contribution >= 4 is 5.69 Å². The fourth-order valence-corrected chi connectivity index (χ4v) is 1.85. The second-order valence-electron chi connectivity index (χ2n) is 5.14. The molecule has 1 rings (SSSR count). The van der Waals surface area contributed by atoms with Gasteiger partial charge in [-0.3, -0.25) is 10.1 Å². The minimum absolute atomic E-state index is 0.0475. The molecule has 6 heteroatoms. The molecule has 1 atom stereocenters. The number of hydrogen-bond acceptors (Lipinski definition) is 5. The highest BCUT2D eigenvalue weighted by Crippen LogP contribution is 2.28. The Labute approximate surface area is 118 Å². The normalized spacial score (nSPS) is 13.3. The molecule has 0 radical (unpaired) electrons. The zero-order valence-electron chi connectivity index (χ0n) is 12.0. The molecule has 0 aliphatic rings. The third kappa shape index (κ3) is 4.21. The summed E-state index contributed by atoms with van der Waals surface area (Å²) in [6.45, 7) is 5.57. The molecule has 0 aromatic heterocycles. The van der Waals surface area contributed by atoms with E-state index in [1.807, 2.05) is 13.0 Å². The summed E-state index contributed by atoms with van der Waals surface area (Å²) in [6, 6.07) is 5.19. The lowest BCUT2D eigenvalue weighted by atomic mass is 10.00. The zero-order chi connectivity index (χ0) is 15.3. The Bertz CT molecular complexity index is 547. The molecule has 0 amide bonds. The summed E-state index contributed by atoms with van der Waals surface area (Å²) < 4.78 is 5.55. The number of ether oxygens (including phenoxy) is 1. The highest BCUT2D eigenvalue weighted by molar-refractivity contribution is 5.49. The maximum Gasteiger partial charge on any atom is 0.276 e. The van der Waals surface area contributed by atoms with Gasteiger partial charge in [0.1, 0.15) is 11.3 Å².